The second kappa shape index (κ2) is 4.63. The lowest BCUT2D eigenvalue weighted by Gasteiger charge is -2.28. The second-order valence-electron chi connectivity index (χ2n) is 4.14. The van der Waals surface area contributed by atoms with Crippen LogP contribution in [0.1, 0.15) is 6.92 Å². The van der Waals surface area contributed by atoms with E-state index in [1.165, 1.54) is 0 Å². The van der Waals surface area contributed by atoms with Gasteiger partial charge in [-0.05, 0) is 6.92 Å². The Hall–Kier alpha value is -0.343. The summed E-state index contributed by atoms with van der Waals surface area (Å²) in [4.78, 5) is 0. The molecule has 2 atom stereocenters. The van der Waals surface area contributed by atoms with Crippen LogP contribution in [0.5, 0.6) is 0 Å². The molecule has 0 radical (unpaired) electrons. The first-order chi connectivity index (χ1) is 5.43. The number of rotatable bonds is 4. The van der Waals surface area contributed by atoms with Crippen LogP contribution < -0.4 is 0 Å². The van der Waals surface area contributed by atoms with Crippen molar-refractivity contribution in [1.82, 2.24) is 0 Å². The lowest BCUT2D eigenvalue weighted by atomic mass is 10.2. The summed E-state index contributed by atoms with van der Waals surface area (Å²) < 4.78 is 0. The molecule has 2 heteroatoms. The van der Waals surface area contributed by atoms with Crippen LogP contribution in [-0.2, 0) is 0 Å². The largest absolute Gasteiger partial charge is 0.389 e. The number of hydrogen-bond acceptors (Lipinski definition) is 1. The van der Waals surface area contributed by atoms with Gasteiger partial charge in [0, 0.05) is 5.54 Å². The summed E-state index contributed by atoms with van der Waals surface area (Å²) in [6, 6.07) is 0. The summed E-state index contributed by atoms with van der Waals surface area (Å²) in [5.41, 5.74) is 0.258. The Morgan fingerprint density at radius 1 is 1.33 bits per heavy atom. The van der Waals surface area contributed by atoms with E-state index in [0.717, 1.165) is 0 Å². The molecule has 0 aliphatic carbocycles. The van der Waals surface area contributed by atoms with Gasteiger partial charge in [0.2, 0.25) is 0 Å². The fraction of sp³-hybridized carbons (Fsp3) is 0.600. The van der Waals surface area contributed by atoms with Crippen LogP contribution in [0.3, 0.4) is 0 Å². The monoisotopic (exact) mass is 184 g/mol. The number of aliphatic hydroxyl groups is 1. The summed E-state index contributed by atoms with van der Waals surface area (Å²) in [5.74, 6) is 0. The maximum atomic E-state index is 9.72. The zero-order valence-corrected chi connectivity index (χ0v) is 9.54. The van der Waals surface area contributed by atoms with Crippen LogP contribution in [0.2, 0.25) is 25.2 Å². The number of allylic oxidation sites excluding steroid dienone is 1. The van der Waals surface area contributed by atoms with Gasteiger partial charge < -0.3 is 5.11 Å². The molecule has 70 valence electrons. The van der Waals surface area contributed by atoms with Gasteiger partial charge >= 0.3 is 0 Å². The molecule has 1 nitrogen and oxygen atoms in total. The van der Waals surface area contributed by atoms with Crippen molar-refractivity contribution in [2.24, 2.45) is 0 Å². The Kier molecular flexibility index (Phi) is 4.49. The Labute approximate surface area is 76.8 Å². The molecule has 0 aliphatic heterocycles. The minimum Gasteiger partial charge on any atom is -0.389 e. The molecule has 0 spiro atoms. The van der Waals surface area contributed by atoms with E-state index >= 15 is 0 Å². The van der Waals surface area contributed by atoms with Gasteiger partial charge in [0.05, 0.1) is 14.2 Å². The Balaban J connectivity index is 4.45. The molecule has 0 aliphatic rings. The van der Waals surface area contributed by atoms with Crippen molar-refractivity contribution in [2.45, 2.75) is 38.2 Å². The first-order valence-corrected chi connectivity index (χ1v) is 7.94. The van der Waals surface area contributed by atoms with Crippen molar-refractivity contribution >= 4 is 8.07 Å². The summed E-state index contributed by atoms with van der Waals surface area (Å²) in [5, 5.41) is 9.72. The Morgan fingerprint density at radius 3 is 2.08 bits per heavy atom. The maximum absolute atomic E-state index is 9.72. The van der Waals surface area contributed by atoms with Crippen LogP contribution >= 0.6 is 0 Å². The summed E-state index contributed by atoms with van der Waals surface area (Å²) in [6.07, 6.45) is 5.27. The van der Waals surface area contributed by atoms with Crippen LogP contribution in [0.25, 0.3) is 0 Å². The van der Waals surface area contributed by atoms with Gasteiger partial charge in [-0.3, -0.25) is 0 Å². The molecule has 0 amide bonds. The highest BCUT2D eigenvalue weighted by Gasteiger charge is 2.28. The van der Waals surface area contributed by atoms with Gasteiger partial charge in [-0.15, -0.1) is 6.58 Å². The highest BCUT2D eigenvalue weighted by atomic mass is 28.3. The summed E-state index contributed by atoms with van der Waals surface area (Å²) >= 11 is 0. The van der Waals surface area contributed by atoms with Gasteiger partial charge in [0.25, 0.3) is 0 Å². The van der Waals surface area contributed by atoms with Gasteiger partial charge in [0.15, 0.2) is 0 Å². The normalized spacial score (nSPS) is 17.8. The van der Waals surface area contributed by atoms with Crippen LogP contribution in [0.4, 0.5) is 0 Å². The first kappa shape index (κ1) is 11.7. The van der Waals surface area contributed by atoms with Crippen LogP contribution in [-0.4, -0.2) is 19.3 Å². The molecule has 0 fully saturated rings. The second-order valence-corrected chi connectivity index (χ2v) is 9.54. The van der Waals surface area contributed by atoms with E-state index < -0.39 is 8.07 Å². The van der Waals surface area contributed by atoms with Crippen molar-refractivity contribution in [3.8, 4) is 0 Å². The lowest BCUT2D eigenvalue weighted by Crippen LogP contribution is -2.34. The predicted octanol–water partition coefficient (Wildman–Crippen LogP) is 2.82. The highest BCUT2D eigenvalue weighted by molar-refractivity contribution is 6.78. The van der Waals surface area contributed by atoms with Crippen LogP contribution in [0, 0.1) is 0 Å². The molecule has 0 saturated heterocycles. The van der Waals surface area contributed by atoms with Gasteiger partial charge in [-0.1, -0.05) is 37.9 Å². The molecule has 2 unspecified atom stereocenters. The minimum atomic E-state index is -1.31. The zero-order chi connectivity index (χ0) is 9.78. The molecule has 0 saturated carbocycles. The van der Waals surface area contributed by atoms with Crippen molar-refractivity contribution in [2.75, 3.05) is 0 Å². The fourth-order valence-corrected chi connectivity index (χ4v) is 3.16. The van der Waals surface area contributed by atoms with E-state index in [9.17, 15) is 5.11 Å². The molecule has 1 N–H and O–H groups in total. The van der Waals surface area contributed by atoms with Gasteiger partial charge in [0.1, 0.15) is 0 Å². The fourth-order valence-electron chi connectivity index (χ4n) is 1.32. The van der Waals surface area contributed by atoms with Crippen molar-refractivity contribution < 1.29 is 5.11 Å². The molecule has 12 heavy (non-hydrogen) atoms. The van der Waals surface area contributed by atoms with E-state index in [0.29, 0.717) is 0 Å². The van der Waals surface area contributed by atoms with E-state index in [-0.39, 0.29) is 11.6 Å². The molecular weight excluding hydrogens is 164 g/mol. The number of aliphatic hydroxyl groups excluding tert-OH is 1. The third-order valence-corrected chi connectivity index (χ3v) is 4.59. The molecule has 0 heterocycles. The molecule has 0 aromatic rings. The Morgan fingerprint density at radius 2 is 1.83 bits per heavy atom. The van der Waals surface area contributed by atoms with Crippen molar-refractivity contribution in [3.63, 3.8) is 0 Å². The predicted molar refractivity (Wildman–Crippen MR) is 58.1 cm³/mol. The quantitative estimate of drug-likeness (QED) is 0.526. The smallest absolute Gasteiger partial charge is 0.0759 e. The minimum absolute atomic E-state index is 0.258. The van der Waals surface area contributed by atoms with Crippen LogP contribution in [0.15, 0.2) is 24.8 Å². The SMILES string of the molecule is C=CC(C(O)/C=C/C)[Si](C)(C)C. The third kappa shape index (κ3) is 3.37. The molecule has 0 bridgehead atoms. The summed E-state index contributed by atoms with van der Waals surface area (Å²) in [7, 11) is -1.31. The van der Waals surface area contributed by atoms with E-state index in [1.54, 1.807) is 0 Å². The first-order valence-electron chi connectivity index (χ1n) is 4.37. The number of hydrogen-bond donors (Lipinski definition) is 1. The highest BCUT2D eigenvalue weighted by Crippen LogP contribution is 2.27. The maximum Gasteiger partial charge on any atom is 0.0759 e. The van der Waals surface area contributed by atoms with E-state index in [1.807, 2.05) is 25.2 Å². The zero-order valence-electron chi connectivity index (χ0n) is 8.54. The molecule has 0 aromatic carbocycles. The van der Waals surface area contributed by atoms with Crippen molar-refractivity contribution in [1.29, 1.82) is 0 Å². The van der Waals surface area contributed by atoms with Gasteiger partial charge in [-0.2, -0.15) is 0 Å². The average Bonchev–Trinajstić information content (AvgIpc) is 1.85. The lowest BCUT2D eigenvalue weighted by molar-refractivity contribution is 0.224. The van der Waals surface area contributed by atoms with E-state index in [2.05, 4.69) is 26.2 Å². The van der Waals surface area contributed by atoms with E-state index in [4.69, 9.17) is 0 Å². The molecular formula is C10H20OSi. The van der Waals surface area contributed by atoms with Gasteiger partial charge in [-0.25, -0.2) is 0 Å². The van der Waals surface area contributed by atoms with Crippen molar-refractivity contribution in [3.05, 3.63) is 24.8 Å². The topological polar surface area (TPSA) is 20.2 Å². The summed E-state index contributed by atoms with van der Waals surface area (Å²) in [6.45, 7) is 12.4. The average molecular weight is 184 g/mol. The third-order valence-electron chi connectivity index (χ3n) is 2.01. The molecule has 0 rings (SSSR count). The molecule has 0 aromatic heterocycles. The standard InChI is InChI=1S/C10H20OSi/c1-6-8-9(11)10(7-2)12(3,4)5/h6-11H,2H2,1,3-5H3/b8-6+. The Bertz CT molecular complexity index is 167.